The highest BCUT2D eigenvalue weighted by atomic mass is 19.3. The molecule has 0 radical (unpaired) electrons. The van der Waals surface area contributed by atoms with Crippen molar-refractivity contribution in [1.82, 2.24) is 10.3 Å². The van der Waals surface area contributed by atoms with Crippen molar-refractivity contribution in [3.8, 4) is 23.1 Å². The van der Waals surface area contributed by atoms with E-state index >= 15 is 0 Å². The van der Waals surface area contributed by atoms with Crippen molar-refractivity contribution in [1.29, 1.82) is 0 Å². The molecule has 0 aliphatic heterocycles. The van der Waals surface area contributed by atoms with Gasteiger partial charge in [-0.25, -0.2) is 9.37 Å². The monoisotopic (exact) mass is 458 g/mol. The summed E-state index contributed by atoms with van der Waals surface area (Å²) in [6.07, 6.45) is 4.40. The minimum absolute atomic E-state index is 0.0761. The van der Waals surface area contributed by atoms with Gasteiger partial charge in [0.2, 0.25) is 11.8 Å². The number of amides is 1. The molecule has 172 valence electrons. The second-order valence-corrected chi connectivity index (χ2v) is 6.63. The highest BCUT2D eigenvalue weighted by molar-refractivity contribution is 5.91. The zero-order valence-corrected chi connectivity index (χ0v) is 17.6. The molecule has 0 aliphatic carbocycles. The van der Waals surface area contributed by atoms with Crippen LogP contribution in [0.5, 0.6) is 23.1 Å². The fraction of sp³-hybridized carbons (Fsp3) is 0.167. The van der Waals surface area contributed by atoms with Gasteiger partial charge in [-0.15, -0.1) is 0 Å². The molecule has 33 heavy (non-hydrogen) atoms. The van der Waals surface area contributed by atoms with Gasteiger partial charge in [-0.2, -0.15) is 8.78 Å². The highest BCUT2D eigenvalue weighted by Crippen LogP contribution is 2.30. The first-order valence-corrected chi connectivity index (χ1v) is 9.99. The third-order valence-corrected chi connectivity index (χ3v) is 4.21. The normalized spacial score (nSPS) is 10.9. The van der Waals surface area contributed by atoms with E-state index in [1.165, 1.54) is 54.6 Å². The number of hydrogen-bond acceptors (Lipinski definition) is 5. The van der Waals surface area contributed by atoms with Gasteiger partial charge < -0.3 is 19.5 Å². The number of halogens is 3. The molecule has 9 heteroatoms. The second-order valence-electron chi connectivity index (χ2n) is 6.63. The van der Waals surface area contributed by atoms with Gasteiger partial charge in [0.25, 0.3) is 0 Å². The van der Waals surface area contributed by atoms with Crippen LogP contribution in [0.15, 0.2) is 66.9 Å². The number of aromatic nitrogens is 1. The minimum atomic E-state index is -2.96. The summed E-state index contributed by atoms with van der Waals surface area (Å²) in [5.74, 6) is 0.162. The van der Waals surface area contributed by atoms with Crippen LogP contribution >= 0.6 is 0 Å². The molecule has 0 atom stereocenters. The molecule has 1 heterocycles. The number of pyridine rings is 1. The Morgan fingerprint density at radius 1 is 1.09 bits per heavy atom. The topological polar surface area (TPSA) is 69.7 Å². The Kier molecular flexibility index (Phi) is 8.29. The molecule has 1 aromatic heterocycles. The minimum Gasteiger partial charge on any atom is -0.490 e. The number of benzene rings is 2. The van der Waals surface area contributed by atoms with Crippen molar-refractivity contribution in [2.45, 2.75) is 20.1 Å². The summed E-state index contributed by atoms with van der Waals surface area (Å²) in [7, 11) is 0. The van der Waals surface area contributed by atoms with E-state index in [1.54, 1.807) is 25.3 Å². The van der Waals surface area contributed by atoms with Crippen LogP contribution in [0.1, 0.15) is 18.1 Å². The SMILES string of the molecule is CCOc1cc(C=CC(=O)NCc2ccc(Oc3ccc(F)cc3)nc2)ccc1OC(F)F. The predicted molar refractivity (Wildman–Crippen MR) is 116 cm³/mol. The van der Waals surface area contributed by atoms with Gasteiger partial charge in [-0.3, -0.25) is 4.79 Å². The van der Waals surface area contributed by atoms with Crippen molar-refractivity contribution in [2.75, 3.05) is 6.61 Å². The van der Waals surface area contributed by atoms with E-state index in [-0.39, 0.29) is 36.4 Å². The Morgan fingerprint density at radius 2 is 1.88 bits per heavy atom. The molecule has 0 aliphatic rings. The van der Waals surface area contributed by atoms with Crippen LogP contribution in [0.25, 0.3) is 6.08 Å². The fourth-order valence-corrected chi connectivity index (χ4v) is 2.71. The first-order chi connectivity index (χ1) is 15.9. The Balaban J connectivity index is 1.53. The molecular weight excluding hydrogens is 437 g/mol. The second kappa shape index (κ2) is 11.6. The molecule has 0 saturated carbocycles. The van der Waals surface area contributed by atoms with Gasteiger partial charge in [0, 0.05) is 24.9 Å². The number of nitrogens with zero attached hydrogens (tertiary/aromatic N) is 1. The average molecular weight is 458 g/mol. The maximum absolute atomic E-state index is 12.9. The molecule has 2 aromatic carbocycles. The van der Waals surface area contributed by atoms with Crippen LogP contribution < -0.4 is 19.5 Å². The van der Waals surface area contributed by atoms with Crippen molar-refractivity contribution >= 4 is 12.0 Å². The standard InChI is InChI=1S/C24H21F3N2O4/c1-2-31-21-13-16(3-10-20(21)33-24(26)27)4-11-22(30)28-14-17-5-12-23(29-15-17)32-19-8-6-18(25)7-9-19/h3-13,15,24H,2,14H2,1H3,(H,28,30). The quantitative estimate of drug-likeness (QED) is 0.415. The Labute approximate surface area is 188 Å². The molecule has 0 unspecified atom stereocenters. The van der Waals surface area contributed by atoms with E-state index in [9.17, 15) is 18.0 Å². The van der Waals surface area contributed by atoms with Crippen molar-refractivity contribution in [2.24, 2.45) is 0 Å². The van der Waals surface area contributed by atoms with E-state index in [0.29, 0.717) is 17.2 Å². The Bertz CT molecular complexity index is 1090. The summed E-state index contributed by atoms with van der Waals surface area (Å²) in [5.41, 5.74) is 1.33. The Hall–Kier alpha value is -4.01. The molecule has 0 spiro atoms. The molecule has 3 aromatic rings. The largest absolute Gasteiger partial charge is 0.490 e. The summed E-state index contributed by atoms with van der Waals surface area (Å²) < 4.78 is 53.2. The number of rotatable bonds is 10. The molecule has 6 nitrogen and oxygen atoms in total. The van der Waals surface area contributed by atoms with E-state index in [2.05, 4.69) is 15.0 Å². The van der Waals surface area contributed by atoms with Crippen LogP contribution in [-0.2, 0) is 11.3 Å². The zero-order chi connectivity index (χ0) is 23.6. The molecule has 0 saturated heterocycles. The summed E-state index contributed by atoms with van der Waals surface area (Å²) in [6, 6.07) is 13.3. The first kappa shape index (κ1) is 23.6. The number of nitrogens with one attached hydrogen (secondary N) is 1. The summed E-state index contributed by atoms with van der Waals surface area (Å²) in [6.45, 7) is -0.736. The van der Waals surface area contributed by atoms with Gasteiger partial charge in [-0.05, 0) is 60.5 Å². The smallest absolute Gasteiger partial charge is 0.387 e. The molecule has 1 N–H and O–H groups in total. The lowest BCUT2D eigenvalue weighted by atomic mass is 10.2. The number of hydrogen-bond donors (Lipinski definition) is 1. The van der Waals surface area contributed by atoms with Crippen molar-refractivity contribution in [3.05, 3.63) is 83.8 Å². The van der Waals surface area contributed by atoms with E-state index in [0.717, 1.165) is 5.56 Å². The lowest BCUT2D eigenvalue weighted by Crippen LogP contribution is -2.20. The molecule has 3 rings (SSSR count). The molecule has 0 bridgehead atoms. The summed E-state index contributed by atoms with van der Waals surface area (Å²) >= 11 is 0. The van der Waals surface area contributed by atoms with Crippen LogP contribution in [0, 0.1) is 5.82 Å². The maximum atomic E-state index is 12.9. The lowest BCUT2D eigenvalue weighted by Gasteiger charge is -2.11. The highest BCUT2D eigenvalue weighted by Gasteiger charge is 2.11. The third kappa shape index (κ3) is 7.57. The number of carbonyl (C=O) groups is 1. The summed E-state index contributed by atoms with van der Waals surface area (Å²) in [5, 5.41) is 2.72. The van der Waals surface area contributed by atoms with Gasteiger partial charge in [-0.1, -0.05) is 12.1 Å². The maximum Gasteiger partial charge on any atom is 0.387 e. The summed E-state index contributed by atoms with van der Waals surface area (Å²) in [4.78, 5) is 16.3. The molecule has 0 fully saturated rings. The zero-order valence-electron chi connectivity index (χ0n) is 17.6. The lowest BCUT2D eigenvalue weighted by molar-refractivity contribution is -0.116. The number of ether oxygens (including phenoxy) is 3. The van der Waals surface area contributed by atoms with Gasteiger partial charge in [0.15, 0.2) is 11.5 Å². The first-order valence-electron chi connectivity index (χ1n) is 9.99. The van der Waals surface area contributed by atoms with E-state index in [1.807, 2.05) is 0 Å². The third-order valence-electron chi connectivity index (χ3n) is 4.21. The van der Waals surface area contributed by atoms with Crippen molar-refractivity contribution in [3.63, 3.8) is 0 Å². The van der Waals surface area contributed by atoms with Gasteiger partial charge in [0.1, 0.15) is 11.6 Å². The van der Waals surface area contributed by atoms with E-state index < -0.39 is 6.61 Å². The average Bonchev–Trinajstić information content (AvgIpc) is 2.80. The van der Waals surface area contributed by atoms with Crippen LogP contribution in [0.2, 0.25) is 0 Å². The number of carbonyl (C=O) groups excluding carboxylic acids is 1. The van der Waals surface area contributed by atoms with Crippen molar-refractivity contribution < 1.29 is 32.2 Å². The van der Waals surface area contributed by atoms with Crippen LogP contribution in [0.3, 0.4) is 0 Å². The van der Waals surface area contributed by atoms with Crippen LogP contribution in [-0.4, -0.2) is 24.1 Å². The van der Waals surface area contributed by atoms with Gasteiger partial charge >= 0.3 is 6.61 Å². The number of alkyl halides is 2. The molecule has 1 amide bonds. The predicted octanol–water partition coefficient (Wildman–Crippen LogP) is 5.34. The molecular formula is C24H21F3N2O4. The fourth-order valence-electron chi connectivity index (χ4n) is 2.71. The van der Waals surface area contributed by atoms with Crippen LogP contribution in [0.4, 0.5) is 13.2 Å². The van der Waals surface area contributed by atoms with Gasteiger partial charge in [0.05, 0.1) is 6.61 Å². The van der Waals surface area contributed by atoms with E-state index in [4.69, 9.17) is 9.47 Å². The Morgan fingerprint density at radius 3 is 2.55 bits per heavy atom.